The number of hydrogen-bond donors (Lipinski definition) is 1. The van der Waals surface area contributed by atoms with Gasteiger partial charge in [0.25, 0.3) is 0 Å². The highest BCUT2D eigenvalue weighted by molar-refractivity contribution is 5.70. The molecule has 1 aliphatic heterocycles. The van der Waals surface area contributed by atoms with Crippen LogP contribution < -0.4 is 4.90 Å². The summed E-state index contributed by atoms with van der Waals surface area (Å²) in [6.45, 7) is 5.88. The molecule has 0 aliphatic carbocycles. The second kappa shape index (κ2) is 8.47. The molecule has 27 heavy (non-hydrogen) atoms. The molecule has 0 aromatic carbocycles. The van der Waals surface area contributed by atoms with Gasteiger partial charge in [0.2, 0.25) is 0 Å². The summed E-state index contributed by atoms with van der Waals surface area (Å²) in [5, 5.41) is 17.6. The van der Waals surface area contributed by atoms with Crippen LogP contribution in [-0.2, 0) is 23.2 Å². The molecule has 2 aromatic rings. The zero-order valence-electron chi connectivity index (χ0n) is 16.2. The number of hydrogen-bond acceptors (Lipinski definition) is 7. The minimum absolute atomic E-state index is 0.117. The van der Waals surface area contributed by atoms with Gasteiger partial charge in [0, 0.05) is 20.1 Å². The summed E-state index contributed by atoms with van der Waals surface area (Å²) < 4.78 is 6.65. The van der Waals surface area contributed by atoms with E-state index in [0.29, 0.717) is 36.0 Å². The van der Waals surface area contributed by atoms with Crippen molar-refractivity contribution in [1.29, 1.82) is 0 Å². The molecule has 1 N–H and O–H groups in total. The summed E-state index contributed by atoms with van der Waals surface area (Å²) in [6.07, 6.45) is 2.55. The van der Waals surface area contributed by atoms with Crippen LogP contribution in [0.4, 0.5) is 5.69 Å². The third kappa shape index (κ3) is 4.27. The Morgan fingerprint density at radius 2 is 2.22 bits per heavy atom. The maximum Gasteiger partial charge on any atom is 0.306 e. The summed E-state index contributed by atoms with van der Waals surface area (Å²) in [5.74, 6) is 0.187. The lowest BCUT2D eigenvalue weighted by molar-refractivity contribution is -0.144. The minimum atomic E-state index is -0.136. The molecule has 0 amide bonds. The van der Waals surface area contributed by atoms with E-state index in [1.54, 1.807) is 11.7 Å². The second-order valence-electron chi connectivity index (χ2n) is 6.93. The minimum Gasteiger partial charge on any atom is -0.466 e. The zero-order chi connectivity index (χ0) is 19.4. The van der Waals surface area contributed by atoms with Crippen molar-refractivity contribution in [2.45, 2.75) is 39.7 Å². The van der Waals surface area contributed by atoms with Gasteiger partial charge in [0.15, 0.2) is 0 Å². The van der Waals surface area contributed by atoms with Gasteiger partial charge in [-0.1, -0.05) is 5.21 Å². The fourth-order valence-corrected chi connectivity index (χ4v) is 3.68. The van der Waals surface area contributed by atoms with Gasteiger partial charge in [0.1, 0.15) is 5.69 Å². The van der Waals surface area contributed by atoms with Crippen molar-refractivity contribution >= 4 is 11.7 Å². The third-order valence-corrected chi connectivity index (χ3v) is 5.01. The van der Waals surface area contributed by atoms with Crippen molar-refractivity contribution in [1.82, 2.24) is 20.0 Å². The largest absolute Gasteiger partial charge is 0.466 e. The Morgan fingerprint density at radius 1 is 1.41 bits per heavy atom. The van der Waals surface area contributed by atoms with E-state index < -0.39 is 0 Å². The van der Waals surface area contributed by atoms with Gasteiger partial charge in [-0.3, -0.25) is 4.79 Å². The normalized spacial score (nSPS) is 17.2. The smallest absolute Gasteiger partial charge is 0.306 e. The molecule has 146 valence electrons. The molecule has 8 nitrogen and oxygen atoms in total. The Hall–Kier alpha value is -2.48. The van der Waals surface area contributed by atoms with Gasteiger partial charge in [-0.2, -0.15) is 0 Å². The molecule has 3 heterocycles. The van der Waals surface area contributed by atoms with Gasteiger partial charge in [-0.15, -0.1) is 5.10 Å². The fraction of sp³-hybridized carbons (Fsp3) is 0.579. The van der Waals surface area contributed by atoms with Gasteiger partial charge in [-0.25, -0.2) is 9.67 Å². The summed E-state index contributed by atoms with van der Waals surface area (Å²) in [7, 11) is 1.75. The standard InChI is InChI=1S/C19H27N5O3/c1-4-27-18(26)10-14-6-5-9-24(11-14)16-8-7-15(20-13(16)2)19-17(12-25)23(3)22-21-19/h7-8,14,25H,4-6,9-12H2,1-3H3. The van der Waals surface area contributed by atoms with Crippen LogP contribution in [0.3, 0.4) is 0 Å². The van der Waals surface area contributed by atoms with Crippen LogP contribution in [0.2, 0.25) is 0 Å². The van der Waals surface area contributed by atoms with Crippen LogP contribution in [0, 0.1) is 12.8 Å². The molecule has 1 atom stereocenters. The summed E-state index contributed by atoms with van der Waals surface area (Å²) >= 11 is 0. The number of aliphatic hydroxyl groups excluding tert-OH is 1. The zero-order valence-corrected chi connectivity index (χ0v) is 16.2. The van der Waals surface area contributed by atoms with Gasteiger partial charge in [0.05, 0.1) is 42.4 Å². The Labute approximate surface area is 159 Å². The molecule has 3 rings (SSSR count). The van der Waals surface area contributed by atoms with E-state index >= 15 is 0 Å². The Kier molecular flexibility index (Phi) is 6.05. The highest BCUT2D eigenvalue weighted by Gasteiger charge is 2.24. The van der Waals surface area contributed by atoms with Crippen molar-refractivity contribution < 1.29 is 14.6 Å². The lowest BCUT2D eigenvalue weighted by Gasteiger charge is -2.34. The van der Waals surface area contributed by atoms with Crippen molar-refractivity contribution in [2.75, 3.05) is 24.6 Å². The van der Waals surface area contributed by atoms with E-state index in [1.165, 1.54) is 0 Å². The second-order valence-corrected chi connectivity index (χ2v) is 6.93. The summed E-state index contributed by atoms with van der Waals surface area (Å²) in [6, 6.07) is 3.96. The average molecular weight is 373 g/mol. The Morgan fingerprint density at radius 3 is 2.93 bits per heavy atom. The molecule has 2 aromatic heterocycles. The molecule has 0 bridgehead atoms. The molecule has 8 heteroatoms. The Balaban J connectivity index is 1.76. The maximum atomic E-state index is 11.8. The number of aromatic nitrogens is 4. The number of esters is 1. The molecule has 1 saturated heterocycles. The lowest BCUT2D eigenvalue weighted by atomic mass is 9.94. The number of rotatable bonds is 6. The quantitative estimate of drug-likeness (QED) is 0.772. The highest BCUT2D eigenvalue weighted by Crippen LogP contribution is 2.29. The van der Waals surface area contributed by atoms with Crippen LogP contribution in [-0.4, -0.2) is 50.8 Å². The predicted molar refractivity (Wildman–Crippen MR) is 101 cm³/mol. The van der Waals surface area contributed by atoms with Crippen LogP contribution in [0.15, 0.2) is 12.1 Å². The Bertz CT molecular complexity index is 805. The SMILES string of the molecule is CCOC(=O)CC1CCCN(c2ccc(-c3nnn(C)c3CO)nc2C)C1. The van der Waals surface area contributed by atoms with Crippen LogP contribution >= 0.6 is 0 Å². The molecule has 1 aliphatic rings. The van der Waals surface area contributed by atoms with Crippen LogP contribution in [0.5, 0.6) is 0 Å². The summed E-state index contributed by atoms with van der Waals surface area (Å²) in [5.41, 5.74) is 3.92. The first kappa shape index (κ1) is 19.3. The van der Waals surface area contributed by atoms with Crippen LogP contribution in [0.1, 0.15) is 37.6 Å². The van der Waals surface area contributed by atoms with E-state index in [-0.39, 0.29) is 12.6 Å². The maximum absolute atomic E-state index is 11.8. The molecule has 0 saturated carbocycles. The first-order chi connectivity index (χ1) is 13.0. The van der Waals surface area contributed by atoms with Gasteiger partial charge < -0.3 is 14.7 Å². The van der Waals surface area contributed by atoms with E-state index in [9.17, 15) is 9.90 Å². The molecule has 0 radical (unpaired) electrons. The number of pyridine rings is 1. The number of ether oxygens (including phenoxy) is 1. The fourth-order valence-electron chi connectivity index (χ4n) is 3.68. The van der Waals surface area contributed by atoms with E-state index in [2.05, 4.69) is 15.2 Å². The lowest BCUT2D eigenvalue weighted by Crippen LogP contribution is -2.37. The number of carbonyl (C=O) groups excluding carboxylic acids is 1. The van der Waals surface area contributed by atoms with Crippen molar-refractivity contribution in [3.05, 3.63) is 23.5 Å². The van der Waals surface area contributed by atoms with Crippen molar-refractivity contribution in [3.63, 3.8) is 0 Å². The van der Waals surface area contributed by atoms with Gasteiger partial charge >= 0.3 is 5.97 Å². The monoisotopic (exact) mass is 373 g/mol. The van der Waals surface area contributed by atoms with E-state index in [4.69, 9.17) is 9.72 Å². The van der Waals surface area contributed by atoms with E-state index in [1.807, 2.05) is 26.0 Å². The highest BCUT2D eigenvalue weighted by atomic mass is 16.5. The molecule has 0 spiro atoms. The van der Waals surface area contributed by atoms with Gasteiger partial charge in [-0.05, 0) is 44.7 Å². The van der Waals surface area contributed by atoms with E-state index in [0.717, 1.165) is 37.3 Å². The number of piperidine rings is 1. The number of anilines is 1. The molecule has 1 unspecified atom stereocenters. The van der Waals surface area contributed by atoms with Crippen molar-refractivity contribution in [2.24, 2.45) is 13.0 Å². The number of carbonyl (C=O) groups is 1. The first-order valence-electron chi connectivity index (χ1n) is 9.41. The van der Waals surface area contributed by atoms with Crippen LogP contribution in [0.25, 0.3) is 11.4 Å². The predicted octanol–water partition coefficient (Wildman–Crippen LogP) is 1.85. The van der Waals surface area contributed by atoms with Crippen molar-refractivity contribution in [3.8, 4) is 11.4 Å². The number of aliphatic hydroxyl groups is 1. The third-order valence-electron chi connectivity index (χ3n) is 5.01. The average Bonchev–Trinajstić information content (AvgIpc) is 3.02. The molecule has 1 fully saturated rings. The summed E-state index contributed by atoms with van der Waals surface area (Å²) in [4.78, 5) is 18.8. The topological polar surface area (TPSA) is 93.4 Å². The molecular formula is C19H27N5O3. The molecular weight excluding hydrogens is 346 g/mol. The number of nitrogens with zero attached hydrogens (tertiary/aromatic N) is 5. The number of aryl methyl sites for hydroxylation is 2. The first-order valence-corrected chi connectivity index (χ1v) is 9.41.